The number of aromatic nitrogens is 1. The highest BCUT2D eigenvalue weighted by molar-refractivity contribution is 5.80. The standard InChI is InChI=1S/C18H26N4O2/c1-2-17(23)21-9-6-15(7-10-21)18(24)22-13-11-20(12-14-22)16-5-3-4-8-19-16/h3-5,8,15H,2,6-7,9-14H2,1H3. The molecule has 3 rings (SSSR count). The number of hydrogen-bond acceptors (Lipinski definition) is 4. The molecule has 24 heavy (non-hydrogen) atoms. The molecule has 2 aliphatic rings. The van der Waals surface area contributed by atoms with Crippen LogP contribution in [0.3, 0.4) is 0 Å². The number of carbonyl (C=O) groups is 2. The molecule has 2 fully saturated rings. The van der Waals surface area contributed by atoms with Gasteiger partial charge in [-0.15, -0.1) is 0 Å². The van der Waals surface area contributed by atoms with Crippen LogP contribution in [0.4, 0.5) is 5.82 Å². The van der Waals surface area contributed by atoms with Gasteiger partial charge in [-0.25, -0.2) is 4.98 Å². The van der Waals surface area contributed by atoms with Gasteiger partial charge in [0.2, 0.25) is 11.8 Å². The molecule has 0 aromatic carbocycles. The lowest BCUT2D eigenvalue weighted by Gasteiger charge is -2.39. The molecule has 2 aliphatic heterocycles. The highest BCUT2D eigenvalue weighted by Gasteiger charge is 2.31. The molecule has 1 aromatic heterocycles. The zero-order chi connectivity index (χ0) is 16.9. The molecule has 3 heterocycles. The Bertz CT molecular complexity index is 562. The van der Waals surface area contributed by atoms with E-state index in [-0.39, 0.29) is 17.7 Å². The Hall–Kier alpha value is -2.11. The van der Waals surface area contributed by atoms with Crippen molar-refractivity contribution in [2.75, 3.05) is 44.2 Å². The van der Waals surface area contributed by atoms with Crippen LogP contribution in [0, 0.1) is 5.92 Å². The van der Waals surface area contributed by atoms with Crippen LogP contribution in [0.5, 0.6) is 0 Å². The van der Waals surface area contributed by atoms with E-state index in [1.807, 2.05) is 34.9 Å². The van der Waals surface area contributed by atoms with Crippen LogP contribution in [0.2, 0.25) is 0 Å². The van der Waals surface area contributed by atoms with E-state index in [2.05, 4.69) is 9.88 Å². The maximum Gasteiger partial charge on any atom is 0.225 e. The predicted octanol–water partition coefficient (Wildman–Crippen LogP) is 1.38. The second-order valence-corrected chi connectivity index (χ2v) is 6.51. The van der Waals surface area contributed by atoms with Crippen LogP contribution in [-0.2, 0) is 9.59 Å². The van der Waals surface area contributed by atoms with Crippen LogP contribution < -0.4 is 4.90 Å². The number of pyridine rings is 1. The minimum Gasteiger partial charge on any atom is -0.353 e. The molecule has 0 radical (unpaired) electrons. The van der Waals surface area contributed by atoms with E-state index in [1.165, 1.54) is 0 Å². The van der Waals surface area contributed by atoms with Gasteiger partial charge in [0, 0.05) is 57.8 Å². The highest BCUT2D eigenvalue weighted by Crippen LogP contribution is 2.22. The lowest BCUT2D eigenvalue weighted by molar-refractivity contribution is -0.140. The quantitative estimate of drug-likeness (QED) is 0.840. The third-order valence-corrected chi connectivity index (χ3v) is 5.06. The van der Waals surface area contributed by atoms with Crippen molar-refractivity contribution in [1.29, 1.82) is 0 Å². The number of likely N-dealkylation sites (tertiary alicyclic amines) is 1. The van der Waals surface area contributed by atoms with Crippen molar-refractivity contribution in [2.45, 2.75) is 26.2 Å². The number of nitrogens with zero attached hydrogens (tertiary/aromatic N) is 4. The topological polar surface area (TPSA) is 56.8 Å². The molecule has 130 valence electrons. The first-order chi connectivity index (χ1) is 11.7. The monoisotopic (exact) mass is 330 g/mol. The van der Waals surface area contributed by atoms with Gasteiger partial charge in [0.25, 0.3) is 0 Å². The largest absolute Gasteiger partial charge is 0.353 e. The minimum atomic E-state index is 0.0762. The van der Waals surface area contributed by atoms with Gasteiger partial charge >= 0.3 is 0 Å². The molecule has 0 unspecified atom stereocenters. The van der Waals surface area contributed by atoms with E-state index in [4.69, 9.17) is 0 Å². The molecule has 0 aliphatic carbocycles. The summed E-state index contributed by atoms with van der Waals surface area (Å²) in [6.07, 6.45) is 3.95. The molecule has 0 bridgehead atoms. The van der Waals surface area contributed by atoms with Crippen molar-refractivity contribution in [1.82, 2.24) is 14.8 Å². The molecule has 0 N–H and O–H groups in total. The van der Waals surface area contributed by atoms with Crippen molar-refractivity contribution >= 4 is 17.6 Å². The van der Waals surface area contributed by atoms with E-state index in [0.29, 0.717) is 6.42 Å². The number of piperazine rings is 1. The SMILES string of the molecule is CCC(=O)N1CCC(C(=O)N2CCN(c3ccccn3)CC2)CC1. The Kier molecular flexibility index (Phi) is 5.33. The van der Waals surface area contributed by atoms with Crippen molar-refractivity contribution in [3.63, 3.8) is 0 Å². The van der Waals surface area contributed by atoms with Crippen molar-refractivity contribution in [2.24, 2.45) is 5.92 Å². The molecule has 0 spiro atoms. The summed E-state index contributed by atoms with van der Waals surface area (Å²) < 4.78 is 0. The summed E-state index contributed by atoms with van der Waals surface area (Å²) in [5, 5.41) is 0. The van der Waals surface area contributed by atoms with Gasteiger partial charge in [-0.1, -0.05) is 13.0 Å². The zero-order valence-corrected chi connectivity index (χ0v) is 14.4. The van der Waals surface area contributed by atoms with Crippen LogP contribution >= 0.6 is 0 Å². The summed E-state index contributed by atoms with van der Waals surface area (Å²) in [5.74, 6) is 1.52. The average molecular weight is 330 g/mol. The number of rotatable bonds is 3. The third-order valence-electron chi connectivity index (χ3n) is 5.06. The summed E-state index contributed by atoms with van der Waals surface area (Å²) in [4.78, 5) is 35.0. The Morgan fingerprint density at radius 2 is 1.75 bits per heavy atom. The first kappa shape index (κ1) is 16.7. The second-order valence-electron chi connectivity index (χ2n) is 6.51. The van der Waals surface area contributed by atoms with E-state index in [0.717, 1.165) is 57.9 Å². The number of amides is 2. The molecule has 0 saturated carbocycles. The van der Waals surface area contributed by atoms with Crippen molar-refractivity contribution < 1.29 is 9.59 Å². The van der Waals surface area contributed by atoms with Gasteiger partial charge in [-0.05, 0) is 25.0 Å². The van der Waals surface area contributed by atoms with E-state index < -0.39 is 0 Å². The molecular formula is C18H26N4O2. The van der Waals surface area contributed by atoms with Gasteiger partial charge < -0.3 is 14.7 Å². The molecular weight excluding hydrogens is 304 g/mol. The highest BCUT2D eigenvalue weighted by atomic mass is 16.2. The van der Waals surface area contributed by atoms with Crippen LogP contribution in [0.1, 0.15) is 26.2 Å². The van der Waals surface area contributed by atoms with Crippen LogP contribution in [0.15, 0.2) is 24.4 Å². The lowest BCUT2D eigenvalue weighted by atomic mass is 9.94. The van der Waals surface area contributed by atoms with Crippen LogP contribution in [-0.4, -0.2) is 65.9 Å². The van der Waals surface area contributed by atoms with Gasteiger partial charge in [0.1, 0.15) is 5.82 Å². The van der Waals surface area contributed by atoms with Gasteiger partial charge in [-0.3, -0.25) is 9.59 Å². The number of anilines is 1. The summed E-state index contributed by atoms with van der Waals surface area (Å²) in [5.41, 5.74) is 0. The number of carbonyl (C=O) groups excluding carboxylic acids is 2. The zero-order valence-electron chi connectivity index (χ0n) is 14.4. The minimum absolute atomic E-state index is 0.0762. The first-order valence-electron chi connectivity index (χ1n) is 8.91. The Labute approximate surface area is 143 Å². The van der Waals surface area contributed by atoms with Crippen molar-refractivity contribution in [3.05, 3.63) is 24.4 Å². The molecule has 6 nitrogen and oxygen atoms in total. The first-order valence-corrected chi connectivity index (χ1v) is 8.91. The lowest BCUT2D eigenvalue weighted by Crippen LogP contribution is -2.52. The van der Waals surface area contributed by atoms with Gasteiger partial charge in [0.05, 0.1) is 0 Å². The van der Waals surface area contributed by atoms with Crippen molar-refractivity contribution in [3.8, 4) is 0 Å². The third kappa shape index (κ3) is 3.68. The molecule has 6 heteroatoms. The van der Waals surface area contributed by atoms with Crippen LogP contribution in [0.25, 0.3) is 0 Å². The van der Waals surface area contributed by atoms with E-state index in [9.17, 15) is 9.59 Å². The average Bonchev–Trinajstić information content (AvgIpc) is 2.68. The summed E-state index contributed by atoms with van der Waals surface area (Å²) in [6.45, 7) is 6.49. The van der Waals surface area contributed by atoms with E-state index >= 15 is 0 Å². The number of hydrogen-bond donors (Lipinski definition) is 0. The molecule has 2 saturated heterocycles. The fraction of sp³-hybridized carbons (Fsp3) is 0.611. The normalized spacial score (nSPS) is 19.5. The molecule has 1 aromatic rings. The Morgan fingerprint density at radius 1 is 1.04 bits per heavy atom. The second kappa shape index (κ2) is 7.64. The maximum atomic E-state index is 12.7. The fourth-order valence-electron chi connectivity index (χ4n) is 3.55. The van der Waals surface area contributed by atoms with Gasteiger partial charge in [-0.2, -0.15) is 0 Å². The number of piperidine rings is 1. The summed E-state index contributed by atoms with van der Waals surface area (Å²) >= 11 is 0. The Balaban J connectivity index is 1.48. The van der Waals surface area contributed by atoms with Gasteiger partial charge in [0.15, 0.2) is 0 Å². The summed E-state index contributed by atoms with van der Waals surface area (Å²) in [6, 6.07) is 5.92. The molecule has 2 amide bonds. The smallest absolute Gasteiger partial charge is 0.225 e. The fourth-order valence-corrected chi connectivity index (χ4v) is 3.55. The molecule has 0 atom stereocenters. The summed E-state index contributed by atoms with van der Waals surface area (Å²) in [7, 11) is 0. The van der Waals surface area contributed by atoms with E-state index in [1.54, 1.807) is 6.20 Å². The predicted molar refractivity (Wildman–Crippen MR) is 92.6 cm³/mol. The Morgan fingerprint density at radius 3 is 2.33 bits per heavy atom. The maximum absolute atomic E-state index is 12.7.